The summed E-state index contributed by atoms with van der Waals surface area (Å²) in [5.74, 6) is 0.923. The van der Waals surface area contributed by atoms with Gasteiger partial charge in [-0.15, -0.1) is 0 Å². The monoisotopic (exact) mass is 303 g/mol. The largest absolute Gasteiger partial charge is 0.490 e. The first kappa shape index (κ1) is 15.6. The topological polar surface area (TPSA) is 29.5 Å². The van der Waals surface area contributed by atoms with E-state index < -0.39 is 0 Å². The molecule has 0 unspecified atom stereocenters. The van der Waals surface area contributed by atoms with Crippen LogP contribution in [0.5, 0.6) is 5.75 Å². The molecule has 0 atom stereocenters. The van der Waals surface area contributed by atoms with E-state index in [1.807, 2.05) is 46.0 Å². The Morgan fingerprint density at radius 3 is 2.76 bits per heavy atom. The Bertz CT molecular complexity index is 566. The number of carbonyl (C=O) groups excluding carboxylic acids is 1. The van der Waals surface area contributed by atoms with Gasteiger partial charge in [-0.1, -0.05) is 32.4 Å². The van der Waals surface area contributed by atoms with Crippen LogP contribution < -0.4 is 9.64 Å². The molecule has 1 aromatic heterocycles. The second kappa shape index (κ2) is 7.84. The highest BCUT2D eigenvalue weighted by Crippen LogP contribution is 2.31. The molecule has 4 heteroatoms. The minimum atomic E-state index is 0.129. The van der Waals surface area contributed by atoms with Gasteiger partial charge >= 0.3 is 0 Å². The summed E-state index contributed by atoms with van der Waals surface area (Å²) in [6.45, 7) is 5.44. The third-order valence-corrected chi connectivity index (χ3v) is 3.70. The molecule has 2 heterocycles. The first-order chi connectivity index (χ1) is 10.3. The van der Waals surface area contributed by atoms with Crippen molar-refractivity contribution in [1.82, 2.24) is 0 Å². The van der Waals surface area contributed by atoms with Crippen LogP contribution in [0.2, 0.25) is 0 Å². The van der Waals surface area contributed by atoms with E-state index in [1.165, 1.54) is 6.42 Å². The third-order valence-electron chi connectivity index (χ3n) is 2.97. The molecule has 0 spiro atoms. The summed E-state index contributed by atoms with van der Waals surface area (Å²) in [7, 11) is 0. The summed E-state index contributed by atoms with van der Waals surface area (Å²) in [5.41, 5.74) is 1.96. The molecule has 0 aliphatic carbocycles. The maximum absolute atomic E-state index is 12.3. The number of amides is 1. The van der Waals surface area contributed by atoms with Gasteiger partial charge in [0.2, 0.25) is 5.91 Å². The number of hydrogen-bond donors (Lipinski definition) is 0. The van der Waals surface area contributed by atoms with Crippen molar-refractivity contribution in [3.05, 3.63) is 46.7 Å². The molecule has 3 rings (SSSR count). The zero-order valence-corrected chi connectivity index (χ0v) is 13.4. The van der Waals surface area contributed by atoms with Crippen molar-refractivity contribution in [2.75, 3.05) is 18.1 Å². The van der Waals surface area contributed by atoms with Crippen molar-refractivity contribution in [2.45, 2.75) is 26.7 Å². The summed E-state index contributed by atoms with van der Waals surface area (Å²) in [6, 6.07) is 9.68. The molecule has 0 saturated heterocycles. The predicted molar refractivity (Wildman–Crippen MR) is 88.3 cm³/mol. The Kier molecular flexibility index (Phi) is 5.81. The highest BCUT2D eigenvalue weighted by atomic mass is 32.1. The van der Waals surface area contributed by atoms with Crippen LogP contribution in [-0.4, -0.2) is 19.1 Å². The number of thiophene rings is 1. The highest BCUT2D eigenvalue weighted by molar-refractivity contribution is 7.08. The molecule has 0 bridgehead atoms. The van der Waals surface area contributed by atoms with Crippen LogP contribution in [0.4, 0.5) is 5.69 Å². The van der Waals surface area contributed by atoms with E-state index in [9.17, 15) is 4.79 Å². The molecular formula is C17H21NO2S. The summed E-state index contributed by atoms with van der Waals surface area (Å²) in [6.07, 6.45) is 1.71. The van der Waals surface area contributed by atoms with Crippen LogP contribution >= 0.6 is 11.3 Å². The van der Waals surface area contributed by atoms with Crippen LogP contribution in [0.3, 0.4) is 0 Å². The van der Waals surface area contributed by atoms with E-state index in [0.29, 0.717) is 19.6 Å². The van der Waals surface area contributed by atoms with Crippen molar-refractivity contribution < 1.29 is 9.53 Å². The van der Waals surface area contributed by atoms with Gasteiger partial charge in [0.1, 0.15) is 12.4 Å². The lowest BCUT2D eigenvalue weighted by Gasteiger charge is -2.29. The average molecular weight is 303 g/mol. The van der Waals surface area contributed by atoms with Crippen molar-refractivity contribution in [1.29, 1.82) is 0 Å². The molecule has 1 aliphatic heterocycles. The number of fused-ring (bicyclic) bond motifs is 1. The molecule has 3 nitrogen and oxygen atoms in total. The molecule has 0 saturated carbocycles. The van der Waals surface area contributed by atoms with Gasteiger partial charge in [-0.25, -0.2) is 0 Å². The van der Waals surface area contributed by atoms with Crippen LogP contribution in [-0.2, 0) is 11.2 Å². The molecule has 2 aromatic rings. The van der Waals surface area contributed by atoms with Crippen molar-refractivity contribution in [2.24, 2.45) is 0 Å². The summed E-state index contributed by atoms with van der Waals surface area (Å²) >= 11 is 1.62. The number of anilines is 1. The number of carbonyl (C=O) groups is 1. The molecule has 0 radical (unpaired) electrons. The smallest absolute Gasteiger partial charge is 0.231 e. The van der Waals surface area contributed by atoms with Gasteiger partial charge in [0.25, 0.3) is 0 Å². The predicted octanol–water partition coefficient (Wildman–Crippen LogP) is 4.13. The van der Waals surface area contributed by atoms with Gasteiger partial charge < -0.3 is 9.64 Å². The van der Waals surface area contributed by atoms with Gasteiger partial charge in [0, 0.05) is 0 Å². The molecule has 1 aromatic carbocycles. The van der Waals surface area contributed by atoms with Crippen LogP contribution in [0, 0.1) is 0 Å². The maximum atomic E-state index is 12.3. The van der Waals surface area contributed by atoms with Crippen molar-refractivity contribution in [3.8, 4) is 5.75 Å². The van der Waals surface area contributed by atoms with E-state index >= 15 is 0 Å². The lowest BCUT2D eigenvalue weighted by Crippen LogP contribution is -2.38. The Balaban J connectivity index is 0.000000497. The lowest BCUT2D eigenvalue weighted by atomic mass is 10.2. The van der Waals surface area contributed by atoms with E-state index in [2.05, 4.69) is 13.8 Å². The summed E-state index contributed by atoms with van der Waals surface area (Å²) in [4.78, 5) is 14.1. The fourth-order valence-electron chi connectivity index (χ4n) is 2.09. The van der Waals surface area contributed by atoms with Crippen LogP contribution in [0.25, 0.3) is 0 Å². The van der Waals surface area contributed by atoms with Gasteiger partial charge in [-0.2, -0.15) is 11.3 Å². The van der Waals surface area contributed by atoms with Gasteiger partial charge in [0.05, 0.1) is 18.7 Å². The fraction of sp³-hybridized carbons (Fsp3) is 0.353. The SMILES string of the molecule is CCC.O=C(Cc1ccsc1)N1CCOc2ccccc21. The van der Waals surface area contributed by atoms with Crippen molar-refractivity contribution >= 4 is 22.9 Å². The molecule has 21 heavy (non-hydrogen) atoms. The van der Waals surface area contributed by atoms with E-state index in [-0.39, 0.29) is 5.91 Å². The highest BCUT2D eigenvalue weighted by Gasteiger charge is 2.23. The number of hydrogen-bond acceptors (Lipinski definition) is 3. The third kappa shape index (κ3) is 4.08. The van der Waals surface area contributed by atoms with Gasteiger partial charge in [-0.3, -0.25) is 4.79 Å². The quantitative estimate of drug-likeness (QED) is 0.834. The van der Waals surface area contributed by atoms with Crippen molar-refractivity contribution in [3.63, 3.8) is 0 Å². The minimum absolute atomic E-state index is 0.129. The summed E-state index contributed by atoms with van der Waals surface area (Å²) < 4.78 is 5.55. The van der Waals surface area contributed by atoms with E-state index in [4.69, 9.17) is 4.74 Å². The first-order valence-electron chi connectivity index (χ1n) is 7.29. The number of nitrogens with zero attached hydrogens (tertiary/aromatic N) is 1. The standard InChI is InChI=1S/C14H13NO2S.C3H8/c16-14(9-11-5-8-18-10-11)15-6-7-17-13-4-2-1-3-12(13)15;1-3-2/h1-5,8,10H,6-7,9H2;3H2,1-2H3. The molecule has 1 aliphatic rings. The molecule has 112 valence electrons. The normalized spacial score (nSPS) is 12.8. The zero-order valence-electron chi connectivity index (χ0n) is 12.5. The zero-order chi connectivity index (χ0) is 15.1. The Morgan fingerprint density at radius 1 is 1.29 bits per heavy atom. The number of rotatable bonds is 2. The number of ether oxygens (including phenoxy) is 1. The van der Waals surface area contributed by atoms with Gasteiger partial charge in [0.15, 0.2) is 0 Å². The Morgan fingerprint density at radius 2 is 2.05 bits per heavy atom. The van der Waals surface area contributed by atoms with E-state index in [0.717, 1.165) is 17.0 Å². The second-order valence-electron chi connectivity index (χ2n) is 4.88. The van der Waals surface area contributed by atoms with Crippen LogP contribution in [0.15, 0.2) is 41.1 Å². The van der Waals surface area contributed by atoms with Crippen LogP contribution in [0.1, 0.15) is 25.8 Å². The Hall–Kier alpha value is -1.81. The minimum Gasteiger partial charge on any atom is -0.490 e. The number of para-hydroxylation sites is 2. The maximum Gasteiger partial charge on any atom is 0.231 e. The molecular weight excluding hydrogens is 282 g/mol. The molecule has 0 fully saturated rings. The second-order valence-corrected chi connectivity index (χ2v) is 5.66. The molecule has 1 amide bonds. The lowest BCUT2D eigenvalue weighted by molar-refractivity contribution is -0.118. The fourth-order valence-corrected chi connectivity index (χ4v) is 2.76. The average Bonchev–Trinajstić information content (AvgIpc) is 3.00. The Labute approximate surface area is 130 Å². The first-order valence-corrected chi connectivity index (χ1v) is 8.23. The number of benzene rings is 1. The van der Waals surface area contributed by atoms with Gasteiger partial charge in [-0.05, 0) is 34.5 Å². The summed E-state index contributed by atoms with van der Waals surface area (Å²) in [5, 5.41) is 4.01. The molecule has 0 N–H and O–H groups in total. The van der Waals surface area contributed by atoms with E-state index in [1.54, 1.807) is 11.3 Å².